The van der Waals surface area contributed by atoms with E-state index in [1.54, 1.807) is 29.7 Å². The molecule has 0 aliphatic rings. The molecule has 8 heteroatoms. The summed E-state index contributed by atoms with van der Waals surface area (Å²) < 4.78 is 0. The minimum absolute atomic E-state index is 0. The smallest absolute Gasteiger partial charge is 0.194 e. The van der Waals surface area contributed by atoms with Crippen LogP contribution in [0.15, 0.2) is 16.6 Å². The van der Waals surface area contributed by atoms with Gasteiger partial charge in [0, 0.05) is 30.5 Å². The summed E-state index contributed by atoms with van der Waals surface area (Å²) in [7, 11) is 3.81. The van der Waals surface area contributed by atoms with E-state index in [-0.39, 0.29) is 24.0 Å². The summed E-state index contributed by atoms with van der Waals surface area (Å²) >= 11 is 3.38. The first-order valence-corrected chi connectivity index (χ1v) is 8.02. The first-order valence-electron chi connectivity index (χ1n) is 6.32. The molecule has 0 unspecified atom stereocenters. The fourth-order valence-electron chi connectivity index (χ4n) is 1.84. The number of aliphatic imine (C=N–C) groups is 1. The fraction of sp³-hybridized carbons (Fsp3) is 0.462. The molecule has 0 saturated carbocycles. The molecule has 2 heterocycles. The third-order valence-corrected chi connectivity index (χ3v) is 4.46. The summed E-state index contributed by atoms with van der Waals surface area (Å²) in [6.07, 6.45) is 1.91. The van der Waals surface area contributed by atoms with Gasteiger partial charge < -0.3 is 10.2 Å². The van der Waals surface area contributed by atoms with E-state index in [1.165, 1.54) is 4.88 Å². The number of halogens is 1. The Kier molecular flexibility index (Phi) is 7.53. The van der Waals surface area contributed by atoms with Gasteiger partial charge in [0.1, 0.15) is 0 Å². The summed E-state index contributed by atoms with van der Waals surface area (Å²) in [6.45, 7) is 5.54. The van der Waals surface area contributed by atoms with Gasteiger partial charge in [-0.05, 0) is 13.8 Å². The molecule has 0 aliphatic heterocycles. The van der Waals surface area contributed by atoms with Crippen molar-refractivity contribution in [2.75, 3.05) is 14.1 Å². The van der Waals surface area contributed by atoms with Gasteiger partial charge in [0.2, 0.25) is 0 Å². The average Bonchev–Trinajstić information content (AvgIpc) is 2.99. The maximum atomic E-state index is 4.48. The Morgan fingerprint density at radius 3 is 2.67 bits per heavy atom. The SMILES string of the molecule is CN=C(NCc1cnc(C)s1)N(C)Cc1csc(C)n1.I. The Hall–Kier alpha value is -0.740. The Balaban J connectivity index is 0.00000220. The molecule has 0 bridgehead atoms. The van der Waals surface area contributed by atoms with E-state index in [2.05, 4.69) is 30.6 Å². The summed E-state index contributed by atoms with van der Waals surface area (Å²) in [5.41, 5.74) is 1.08. The van der Waals surface area contributed by atoms with Crippen molar-refractivity contribution in [2.24, 2.45) is 4.99 Å². The van der Waals surface area contributed by atoms with Gasteiger partial charge in [0.25, 0.3) is 0 Å². The first kappa shape index (κ1) is 18.3. The highest BCUT2D eigenvalue weighted by atomic mass is 127. The minimum atomic E-state index is 0. The standard InChI is InChI=1S/C13H19N5S2.HI/c1-9-15-5-12(20-9)6-16-13(14-3)18(4)7-11-8-19-10(2)17-11;/h5,8H,6-7H2,1-4H3,(H,14,16);1H. The summed E-state index contributed by atoms with van der Waals surface area (Å²) in [5, 5.41) is 7.62. The normalized spacial score (nSPS) is 11.1. The van der Waals surface area contributed by atoms with Gasteiger partial charge in [-0.2, -0.15) is 0 Å². The fourth-order valence-corrected chi connectivity index (χ4v) is 3.18. The molecule has 0 amide bonds. The number of nitrogens with one attached hydrogen (secondary N) is 1. The van der Waals surface area contributed by atoms with Crippen LogP contribution in [-0.2, 0) is 13.1 Å². The van der Waals surface area contributed by atoms with Crippen molar-refractivity contribution in [3.63, 3.8) is 0 Å². The highest BCUT2D eigenvalue weighted by Gasteiger charge is 2.09. The van der Waals surface area contributed by atoms with Crippen LogP contribution in [-0.4, -0.2) is 34.9 Å². The van der Waals surface area contributed by atoms with Gasteiger partial charge in [-0.3, -0.25) is 4.99 Å². The second-order valence-electron chi connectivity index (χ2n) is 4.46. The number of aryl methyl sites for hydroxylation is 2. The topological polar surface area (TPSA) is 53.4 Å². The van der Waals surface area contributed by atoms with Crippen molar-refractivity contribution in [2.45, 2.75) is 26.9 Å². The van der Waals surface area contributed by atoms with Crippen LogP contribution >= 0.6 is 46.7 Å². The summed E-state index contributed by atoms with van der Waals surface area (Å²) in [5.74, 6) is 0.863. The third-order valence-electron chi connectivity index (χ3n) is 2.73. The predicted molar refractivity (Wildman–Crippen MR) is 101 cm³/mol. The van der Waals surface area contributed by atoms with E-state index in [4.69, 9.17) is 0 Å². The van der Waals surface area contributed by atoms with Gasteiger partial charge >= 0.3 is 0 Å². The molecule has 0 atom stereocenters. The average molecular weight is 437 g/mol. The van der Waals surface area contributed by atoms with Crippen molar-refractivity contribution < 1.29 is 0 Å². The molecule has 0 fully saturated rings. The number of hydrogen-bond acceptors (Lipinski definition) is 5. The molecule has 0 spiro atoms. The van der Waals surface area contributed by atoms with Crippen LogP contribution in [0.4, 0.5) is 0 Å². The zero-order valence-corrected chi connectivity index (χ0v) is 16.5. The lowest BCUT2D eigenvalue weighted by molar-refractivity contribution is 0.471. The van der Waals surface area contributed by atoms with Gasteiger partial charge in [0.15, 0.2) is 5.96 Å². The molecule has 5 nitrogen and oxygen atoms in total. The molecule has 2 aromatic rings. The second-order valence-corrected chi connectivity index (χ2v) is 6.84. The molecule has 0 saturated heterocycles. The molecule has 2 rings (SSSR count). The van der Waals surface area contributed by atoms with E-state index in [9.17, 15) is 0 Å². The van der Waals surface area contributed by atoms with Crippen LogP contribution in [0.5, 0.6) is 0 Å². The van der Waals surface area contributed by atoms with Crippen LogP contribution in [0.25, 0.3) is 0 Å². The Morgan fingerprint density at radius 1 is 1.38 bits per heavy atom. The van der Waals surface area contributed by atoms with Gasteiger partial charge in [-0.15, -0.1) is 46.7 Å². The van der Waals surface area contributed by atoms with Crippen molar-refractivity contribution >= 4 is 52.6 Å². The van der Waals surface area contributed by atoms with Crippen LogP contribution in [0.2, 0.25) is 0 Å². The van der Waals surface area contributed by atoms with Crippen LogP contribution < -0.4 is 5.32 Å². The lowest BCUT2D eigenvalue weighted by Crippen LogP contribution is -2.37. The molecular formula is C13H20IN5S2. The summed E-state index contributed by atoms with van der Waals surface area (Å²) in [6, 6.07) is 0. The molecule has 116 valence electrons. The molecule has 0 radical (unpaired) electrons. The van der Waals surface area contributed by atoms with E-state index in [1.807, 2.05) is 27.1 Å². The Labute approximate surface area is 150 Å². The number of guanidine groups is 1. The van der Waals surface area contributed by atoms with Crippen LogP contribution in [0, 0.1) is 13.8 Å². The van der Waals surface area contributed by atoms with Crippen LogP contribution in [0.1, 0.15) is 20.6 Å². The van der Waals surface area contributed by atoms with Crippen molar-refractivity contribution in [3.05, 3.63) is 32.2 Å². The molecular weight excluding hydrogens is 417 g/mol. The van der Waals surface area contributed by atoms with E-state index in [0.717, 1.165) is 34.8 Å². The van der Waals surface area contributed by atoms with Crippen molar-refractivity contribution in [3.8, 4) is 0 Å². The number of thiazole rings is 2. The monoisotopic (exact) mass is 437 g/mol. The highest BCUT2D eigenvalue weighted by Crippen LogP contribution is 2.12. The minimum Gasteiger partial charge on any atom is -0.351 e. The lowest BCUT2D eigenvalue weighted by Gasteiger charge is -2.20. The Bertz CT molecular complexity index is 593. The highest BCUT2D eigenvalue weighted by molar-refractivity contribution is 14.0. The van der Waals surface area contributed by atoms with E-state index in [0.29, 0.717) is 0 Å². The molecule has 0 aromatic carbocycles. The maximum Gasteiger partial charge on any atom is 0.194 e. The van der Waals surface area contributed by atoms with Crippen LogP contribution in [0.3, 0.4) is 0 Å². The zero-order valence-electron chi connectivity index (χ0n) is 12.6. The maximum absolute atomic E-state index is 4.48. The number of nitrogens with zero attached hydrogens (tertiary/aromatic N) is 4. The Morgan fingerprint density at radius 2 is 2.14 bits per heavy atom. The molecule has 1 N–H and O–H groups in total. The number of rotatable bonds is 4. The van der Waals surface area contributed by atoms with Gasteiger partial charge in [-0.1, -0.05) is 0 Å². The lowest BCUT2D eigenvalue weighted by atomic mass is 10.4. The predicted octanol–water partition coefficient (Wildman–Crippen LogP) is 3.04. The van der Waals surface area contributed by atoms with Gasteiger partial charge in [0.05, 0.1) is 28.8 Å². The summed E-state index contributed by atoms with van der Waals surface area (Å²) in [4.78, 5) is 16.3. The van der Waals surface area contributed by atoms with Crippen molar-refractivity contribution in [1.82, 2.24) is 20.2 Å². The van der Waals surface area contributed by atoms with E-state index < -0.39 is 0 Å². The van der Waals surface area contributed by atoms with E-state index >= 15 is 0 Å². The number of hydrogen-bond donors (Lipinski definition) is 1. The first-order chi connectivity index (χ1) is 9.58. The molecule has 0 aliphatic carbocycles. The largest absolute Gasteiger partial charge is 0.351 e. The van der Waals surface area contributed by atoms with Crippen molar-refractivity contribution in [1.29, 1.82) is 0 Å². The molecule has 2 aromatic heterocycles. The molecule has 21 heavy (non-hydrogen) atoms. The third kappa shape index (κ3) is 5.51. The zero-order chi connectivity index (χ0) is 14.5. The van der Waals surface area contributed by atoms with Gasteiger partial charge in [-0.25, -0.2) is 9.97 Å². The second kappa shape index (κ2) is 8.64. The quantitative estimate of drug-likeness (QED) is 0.454. The number of aromatic nitrogens is 2.